The largest absolute Gasteiger partial charge is 0.331 e. The lowest BCUT2D eigenvalue weighted by molar-refractivity contribution is 0.0968. The summed E-state index contributed by atoms with van der Waals surface area (Å²) in [6.45, 7) is 3.82. The number of anilines is 1. The van der Waals surface area contributed by atoms with Gasteiger partial charge in [0.2, 0.25) is 0 Å². The molecule has 0 atom stereocenters. The summed E-state index contributed by atoms with van der Waals surface area (Å²) in [5, 5.41) is 10.0. The average molecular weight is 446 g/mol. The molecule has 5 nitrogen and oxygen atoms in total. The average Bonchev–Trinajstić information content (AvgIpc) is 2.66. The van der Waals surface area contributed by atoms with Gasteiger partial charge >= 0.3 is 0 Å². The second-order valence-corrected chi connectivity index (χ2v) is 6.82. The number of nitrogens with one attached hydrogen (secondary N) is 2. The number of carbonyl (C=O) groups excluding carboxylic acids is 1. The Kier molecular flexibility index (Phi) is 5.36. The minimum Gasteiger partial charge on any atom is -0.331 e. The zero-order valence-electron chi connectivity index (χ0n) is 12.2. The van der Waals surface area contributed by atoms with Crippen LogP contribution in [0, 0.1) is 13.8 Å². The number of rotatable bonds is 2. The highest BCUT2D eigenvalue weighted by molar-refractivity contribution is 9.11. The molecule has 1 heterocycles. The summed E-state index contributed by atoms with van der Waals surface area (Å²) >= 11 is 12.0. The van der Waals surface area contributed by atoms with Crippen molar-refractivity contribution in [3.05, 3.63) is 44.1 Å². The zero-order chi connectivity index (χ0) is 16.4. The molecule has 0 saturated heterocycles. The highest BCUT2D eigenvalue weighted by atomic mass is 79.9. The number of carbonyl (C=O) groups is 1. The fourth-order valence-electron chi connectivity index (χ4n) is 1.92. The van der Waals surface area contributed by atoms with Crippen molar-refractivity contribution >= 4 is 60.8 Å². The van der Waals surface area contributed by atoms with Crippen molar-refractivity contribution in [3.63, 3.8) is 0 Å². The summed E-state index contributed by atoms with van der Waals surface area (Å²) in [7, 11) is 1.71. The van der Waals surface area contributed by atoms with Crippen molar-refractivity contribution in [1.82, 2.24) is 15.1 Å². The normalized spacial score (nSPS) is 10.4. The van der Waals surface area contributed by atoms with Crippen LogP contribution in [-0.2, 0) is 7.05 Å². The number of hydrogen-bond acceptors (Lipinski definition) is 3. The van der Waals surface area contributed by atoms with Crippen LogP contribution >= 0.6 is 44.1 Å². The van der Waals surface area contributed by atoms with E-state index >= 15 is 0 Å². The van der Waals surface area contributed by atoms with Gasteiger partial charge in [0.1, 0.15) is 5.69 Å². The first kappa shape index (κ1) is 17.1. The van der Waals surface area contributed by atoms with E-state index in [0.717, 1.165) is 21.4 Å². The Labute approximate surface area is 150 Å². The van der Waals surface area contributed by atoms with Crippen molar-refractivity contribution in [2.24, 2.45) is 7.05 Å². The van der Waals surface area contributed by atoms with Crippen molar-refractivity contribution in [3.8, 4) is 0 Å². The zero-order valence-corrected chi connectivity index (χ0v) is 16.2. The number of halogens is 2. The number of nitrogens with zero attached hydrogens (tertiary/aromatic N) is 2. The Hall–Kier alpha value is -1.25. The number of thiocarbonyl (C=S) groups is 1. The highest BCUT2D eigenvalue weighted by Gasteiger charge is 2.19. The van der Waals surface area contributed by atoms with Crippen LogP contribution in [0.2, 0.25) is 0 Å². The summed E-state index contributed by atoms with van der Waals surface area (Å²) in [5.74, 6) is -0.323. The van der Waals surface area contributed by atoms with Crippen LogP contribution in [0.5, 0.6) is 0 Å². The van der Waals surface area contributed by atoms with Gasteiger partial charge in [-0.15, -0.1) is 0 Å². The minimum atomic E-state index is -0.323. The molecule has 1 aromatic carbocycles. The van der Waals surface area contributed by atoms with Crippen molar-refractivity contribution in [2.75, 3.05) is 5.32 Å². The number of aromatic nitrogens is 2. The topological polar surface area (TPSA) is 58.9 Å². The SMILES string of the molecule is Cc1ccc(NC(=S)NC(=O)c2c(Br)c(C)nn2C)c(Br)c1. The van der Waals surface area contributed by atoms with Gasteiger partial charge in [0.05, 0.1) is 15.9 Å². The predicted molar refractivity (Wildman–Crippen MR) is 98.2 cm³/mol. The molecule has 116 valence electrons. The van der Waals surface area contributed by atoms with Gasteiger partial charge in [0.25, 0.3) is 5.91 Å². The van der Waals surface area contributed by atoms with Crippen molar-refractivity contribution in [1.29, 1.82) is 0 Å². The lowest BCUT2D eigenvalue weighted by Gasteiger charge is -2.11. The number of benzene rings is 1. The third kappa shape index (κ3) is 3.74. The Balaban J connectivity index is 2.10. The number of amides is 1. The van der Waals surface area contributed by atoms with Gasteiger partial charge in [-0.1, -0.05) is 6.07 Å². The molecule has 0 fully saturated rings. The Morgan fingerprint density at radius 3 is 2.55 bits per heavy atom. The molecule has 0 radical (unpaired) electrons. The van der Waals surface area contributed by atoms with E-state index in [1.807, 2.05) is 32.0 Å². The molecular formula is C14H14Br2N4OS. The van der Waals surface area contributed by atoms with Gasteiger partial charge in [-0.25, -0.2) is 0 Å². The van der Waals surface area contributed by atoms with Gasteiger partial charge in [-0.3, -0.25) is 14.8 Å². The van der Waals surface area contributed by atoms with Crippen LogP contribution < -0.4 is 10.6 Å². The molecule has 0 aliphatic rings. The fourth-order valence-corrected chi connectivity index (χ4v) is 3.23. The van der Waals surface area contributed by atoms with E-state index < -0.39 is 0 Å². The Bertz CT molecular complexity index is 758. The van der Waals surface area contributed by atoms with E-state index in [4.69, 9.17) is 12.2 Å². The monoisotopic (exact) mass is 444 g/mol. The third-order valence-corrected chi connectivity index (χ3v) is 4.77. The molecule has 0 unspecified atom stereocenters. The second-order valence-electron chi connectivity index (χ2n) is 4.76. The van der Waals surface area contributed by atoms with Crippen LogP contribution in [0.3, 0.4) is 0 Å². The Morgan fingerprint density at radius 1 is 1.32 bits per heavy atom. The standard InChI is InChI=1S/C14H14Br2N4OS/c1-7-4-5-10(9(15)6-7)17-14(22)18-13(21)12-11(16)8(2)19-20(12)3/h4-6H,1-3H3,(H2,17,18,21,22). The molecule has 0 saturated carbocycles. The molecular weight excluding hydrogens is 432 g/mol. The Morgan fingerprint density at radius 2 is 2.00 bits per heavy atom. The van der Waals surface area contributed by atoms with Crippen LogP contribution in [0.4, 0.5) is 5.69 Å². The van der Waals surface area contributed by atoms with Gasteiger partial charge in [0, 0.05) is 11.5 Å². The van der Waals surface area contributed by atoms with Crippen LogP contribution in [0.15, 0.2) is 27.1 Å². The van der Waals surface area contributed by atoms with Crippen molar-refractivity contribution in [2.45, 2.75) is 13.8 Å². The van der Waals surface area contributed by atoms with E-state index in [1.54, 1.807) is 7.05 Å². The van der Waals surface area contributed by atoms with Gasteiger partial charge < -0.3 is 5.32 Å². The highest BCUT2D eigenvalue weighted by Crippen LogP contribution is 2.23. The van der Waals surface area contributed by atoms with Gasteiger partial charge in [0.15, 0.2) is 5.11 Å². The predicted octanol–water partition coefficient (Wildman–Crippen LogP) is 3.69. The third-order valence-electron chi connectivity index (χ3n) is 2.96. The first-order valence-electron chi connectivity index (χ1n) is 6.37. The molecule has 0 aliphatic carbocycles. The maximum Gasteiger partial charge on any atom is 0.276 e. The number of hydrogen-bond donors (Lipinski definition) is 2. The molecule has 0 spiro atoms. The minimum absolute atomic E-state index is 0.223. The van der Waals surface area contributed by atoms with Crippen LogP contribution in [0.25, 0.3) is 0 Å². The maximum atomic E-state index is 12.3. The molecule has 22 heavy (non-hydrogen) atoms. The fraction of sp³-hybridized carbons (Fsp3) is 0.214. The number of aryl methyl sites for hydroxylation is 3. The van der Waals surface area contributed by atoms with Crippen molar-refractivity contribution < 1.29 is 4.79 Å². The van der Waals surface area contributed by atoms with Gasteiger partial charge in [-0.2, -0.15) is 5.10 Å². The molecule has 1 aromatic heterocycles. The van der Waals surface area contributed by atoms with Crippen LogP contribution in [0.1, 0.15) is 21.7 Å². The smallest absolute Gasteiger partial charge is 0.276 e. The molecule has 2 aromatic rings. The molecule has 2 rings (SSSR count). The van der Waals surface area contributed by atoms with E-state index in [-0.39, 0.29) is 11.0 Å². The van der Waals surface area contributed by atoms with Gasteiger partial charge in [-0.05, 0) is 75.6 Å². The van der Waals surface area contributed by atoms with E-state index in [0.29, 0.717) is 10.2 Å². The summed E-state index contributed by atoms with van der Waals surface area (Å²) < 4.78 is 3.05. The summed E-state index contributed by atoms with van der Waals surface area (Å²) in [6.07, 6.45) is 0. The summed E-state index contributed by atoms with van der Waals surface area (Å²) in [5.41, 5.74) is 3.08. The molecule has 0 bridgehead atoms. The van der Waals surface area contributed by atoms with E-state index in [2.05, 4.69) is 47.6 Å². The quantitative estimate of drug-likeness (QED) is 0.692. The van der Waals surface area contributed by atoms with E-state index in [1.165, 1.54) is 4.68 Å². The van der Waals surface area contributed by atoms with Crippen LogP contribution in [-0.4, -0.2) is 20.8 Å². The molecule has 8 heteroatoms. The first-order chi connectivity index (χ1) is 10.3. The van der Waals surface area contributed by atoms with E-state index in [9.17, 15) is 4.79 Å². The molecule has 2 N–H and O–H groups in total. The molecule has 0 aliphatic heterocycles. The summed E-state index contributed by atoms with van der Waals surface area (Å²) in [4.78, 5) is 12.3. The molecule has 1 amide bonds. The lowest BCUT2D eigenvalue weighted by Crippen LogP contribution is -2.35. The first-order valence-corrected chi connectivity index (χ1v) is 8.36. The summed E-state index contributed by atoms with van der Waals surface area (Å²) in [6, 6.07) is 5.81. The second kappa shape index (κ2) is 6.89. The lowest BCUT2D eigenvalue weighted by atomic mass is 10.2. The maximum absolute atomic E-state index is 12.3.